The van der Waals surface area contributed by atoms with Crippen molar-refractivity contribution in [2.45, 2.75) is 81.1 Å². The van der Waals surface area contributed by atoms with Crippen molar-refractivity contribution in [2.24, 2.45) is 15.0 Å². The average molecular weight is 507 g/mol. The molecule has 5 rings (SSSR count). The topological polar surface area (TPSA) is 73.1 Å². The number of allylic oxidation sites excluding steroid dienone is 8. The van der Waals surface area contributed by atoms with Gasteiger partial charge in [0.05, 0.1) is 46.1 Å². The number of aromatic amines is 1. The summed E-state index contributed by atoms with van der Waals surface area (Å²) in [4.78, 5) is 19.0. The molecule has 0 aliphatic carbocycles. The van der Waals surface area contributed by atoms with Crippen LogP contribution in [0.2, 0.25) is 0 Å². The molecule has 2 N–H and O–H groups in total. The first-order chi connectivity index (χ1) is 18.3. The summed E-state index contributed by atoms with van der Waals surface area (Å²) in [6.45, 7) is 17.3. The van der Waals surface area contributed by atoms with Crippen LogP contribution in [-0.4, -0.2) is 27.2 Å². The summed E-state index contributed by atoms with van der Waals surface area (Å²) in [7, 11) is 0. The molecule has 8 bridgehead atoms. The van der Waals surface area contributed by atoms with Crippen LogP contribution in [0.3, 0.4) is 0 Å². The Balaban J connectivity index is 1.86. The van der Waals surface area contributed by atoms with Crippen molar-refractivity contribution in [3.63, 3.8) is 0 Å². The van der Waals surface area contributed by atoms with Crippen molar-refractivity contribution in [1.82, 2.24) is 4.98 Å². The molecule has 4 aliphatic heterocycles. The van der Waals surface area contributed by atoms with Crippen molar-refractivity contribution in [3.8, 4) is 0 Å². The van der Waals surface area contributed by atoms with Gasteiger partial charge in [0.2, 0.25) is 0 Å². The lowest BCUT2D eigenvalue weighted by Gasteiger charge is -2.10. The summed E-state index contributed by atoms with van der Waals surface area (Å²) in [6.07, 6.45) is 11.2. The van der Waals surface area contributed by atoms with Crippen LogP contribution in [0.4, 0.5) is 0 Å². The van der Waals surface area contributed by atoms with Gasteiger partial charge in [-0.05, 0) is 116 Å². The van der Waals surface area contributed by atoms with Crippen molar-refractivity contribution in [2.75, 3.05) is 0 Å². The standard InChI is InChI=1S/C33H38N4O/c1-9-21-18(6)27-14-31-23(11-3)20(8)32(37-31)25(16-38)33-24(12-4)19(7)28(36-33)15-30-22(10-2)17(5)26(34-30)13-29(21)35-27/h13-16,35,38H,9-12H2,1-8H3/b25-16+,26-13?,28-15?,31-14?. The van der Waals surface area contributed by atoms with Crippen LogP contribution >= 0.6 is 0 Å². The molecule has 0 unspecified atom stereocenters. The van der Waals surface area contributed by atoms with Gasteiger partial charge in [-0.3, -0.25) is 0 Å². The fourth-order valence-corrected chi connectivity index (χ4v) is 6.21. The maximum absolute atomic E-state index is 10.6. The maximum atomic E-state index is 10.6. The van der Waals surface area contributed by atoms with E-state index in [2.05, 4.69) is 78.6 Å². The van der Waals surface area contributed by atoms with Crippen molar-refractivity contribution < 1.29 is 5.11 Å². The number of aromatic nitrogens is 1. The molecule has 1 aromatic rings. The smallest absolute Gasteiger partial charge is 0.0907 e. The number of hydrogen-bond donors (Lipinski definition) is 2. The minimum Gasteiger partial charge on any atom is -0.515 e. The first kappa shape index (κ1) is 25.9. The molecule has 5 heteroatoms. The quantitative estimate of drug-likeness (QED) is 0.395. The van der Waals surface area contributed by atoms with Crippen LogP contribution in [0.15, 0.2) is 83.4 Å². The van der Waals surface area contributed by atoms with Crippen LogP contribution < -0.4 is 0 Å². The lowest BCUT2D eigenvalue weighted by atomic mass is 9.92. The molecule has 5 heterocycles. The molecule has 0 spiro atoms. The van der Waals surface area contributed by atoms with Gasteiger partial charge in [-0.15, -0.1) is 0 Å². The van der Waals surface area contributed by atoms with Crippen molar-refractivity contribution in [3.05, 3.63) is 91.0 Å². The normalized spacial score (nSPS) is 20.3. The number of aliphatic imine (C=N–C) groups is 3. The number of nitrogens with zero attached hydrogens (tertiary/aromatic N) is 3. The number of nitrogens with one attached hydrogen (secondary N) is 1. The number of fused-ring (bicyclic) bond motifs is 5. The Labute approximate surface area is 226 Å². The van der Waals surface area contributed by atoms with Gasteiger partial charge < -0.3 is 10.1 Å². The van der Waals surface area contributed by atoms with Crippen LogP contribution in [0.25, 0.3) is 12.2 Å². The van der Waals surface area contributed by atoms with E-state index in [1.165, 1.54) is 34.1 Å². The first-order valence-corrected chi connectivity index (χ1v) is 13.9. The highest BCUT2D eigenvalue weighted by molar-refractivity contribution is 6.36. The monoisotopic (exact) mass is 506 g/mol. The lowest BCUT2D eigenvalue weighted by Crippen LogP contribution is -2.14. The Morgan fingerprint density at radius 1 is 0.658 bits per heavy atom. The molecule has 1 aromatic heterocycles. The summed E-state index contributed by atoms with van der Waals surface area (Å²) < 4.78 is 0. The van der Waals surface area contributed by atoms with Crippen LogP contribution in [0.5, 0.6) is 0 Å². The van der Waals surface area contributed by atoms with E-state index in [1.54, 1.807) is 0 Å². The van der Waals surface area contributed by atoms with E-state index in [0.29, 0.717) is 5.57 Å². The number of aliphatic hydroxyl groups excluding tert-OH is 1. The summed E-state index contributed by atoms with van der Waals surface area (Å²) in [5.41, 5.74) is 17.8. The molecule has 38 heavy (non-hydrogen) atoms. The second kappa shape index (κ2) is 9.86. The second-order valence-corrected chi connectivity index (χ2v) is 10.3. The molecule has 0 fully saturated rings. The van der Waals surface area contributed by atoms with E-state index >= 15 is 0 Å². The minimum absolute atomic E-state index is 0.679. The molecule has 0 aromatic carbocycles. The van der Waals surface area contributed by atoms with E-state index in [1.807, 2.05) is 0 Å². The third-order valence-electron chi connectivity index (χ3n) is 8.43. The summed E-state index contributed by atoms with van der Waals surface area (Å²) in [5.74, 6) is 0. The predicted molar refractivity (Wildman–Crippen MR) is 161 cm³/mol. The molecular formula is C33H38N4O. The van der Waals surface area contributed by atoms with E-state index in [0.717, 1.165) is 88.0 Å². The highest BCUT2D eigenvalue weighted by Crippen LogP contribution is 2.39. The Bertz CT molecular complexity index is 1570. The molecule has 0 atom stereocenters. The third kappa shape index (κ3) is 3.87. The maximum Gasteiger partial charge on any atom is 0.0907 e. The van der Waals surface area contributed by atoms with Gasteiger partial charge in [-0.1, -0.05) is 27.7 Å². The van der Waals surface area contributed by atoms with Gasteiger partial charge in [0, 0.05) is 11.4 Å². The number of hydrogen-bond acceptors (Lipinski definition) is 4. The Kier molecular flexibility index (Phi) is 6.72. The predicted octanol–water partition coefficient (Wildman–Crippen LogP) is 8.45. The fourth-order valence-electron chi connectivity index (χ4n) is 6.21. The van der Waals surface area contributed by atoms with Crippen molar-refractivity contribution in [1.29, 1.82) is 0 Å². The Hall–Kier alpha value is -3.73. The van der Waals surface area contributed by atoms with Gasteiger partial charge >= 0.3 is 0 Å². The van der Waals surface area contributed by atoms with Crippen LogP contribution in [0, 0.1) is 6.92 Å². The number of aliphatic hydroxyl groups is 1. The average Bonchev–Trinajstić information content (AvgIpc) is 3.57. The summed E-state index contributed by atoms with van der Waals surface area (Å²) in [6, 6.07) is 0. The van der Waals surface area contributed by atoms with E-state index in [4.69, 9.17) is 15.0 Å². The molecule has 5 nitrogen and oxygen atoms in total. The molecule has 196 valence electrons. The second-order valence-electron chi connectivity index (χ2n) is 10.3. The van der Waals surface area contributed by atoms with E-state index < -0.39 is 0 Å². The number of rotatable bonds is 4. The van der Waals surface area contributed by atoms with Crippen LogP contribution in [0.1, 0.15) is 90.2 Å². The largest absolute Gasteiger partial charge is 0.515 e. The van der Waals surface area contributed by atoms with Crippen molar-refractivity contribution >= 4 is 29.3 Å². The molecule has 0 radical (unpaired) electrons. The van der Waals surface area contributed by atoms with E-state index in [9.17, 15) is 5.11 Å². The van der Waals surface area contributed by atoms with Gasteiger partial charge in [-0.2, -0.15) is 0 Å². The number of H-pyrrole nitrogens is 1. The zero-order valence-electron chi connectivity index (χ0n) is 23.9. The summed E-state index contributed by atoms with van der Waals surface area (Å²) in [5, 5.41) is 10.6. The van der Waals surface area contributed by atoms with Gasteiger partial charge in [0.15, 0.2) is 0 Å². The molecule has 0 saturated heterocycles. The minimum atomic E-state index is 0.679. The molecule has 0 saturated carbocycles. The SMILES string of the molecule is CCC1=C(C)C2=NC1=Cc1[nH]c(c(CC)c1C)C=C1N=C(C=C3N=C(C(CC)=C3C)/C2=C/O)C(CC)=C1C. The molecule has 0 amide bonds. The fraction of sp³-hybridized carbons (Fsp3) is 0.364. The Morgan fingerprint density at radius 2 is 1.26 bits per heavy atom. The molecule has 4 aliphatic rings. The lowest BCUT2D eigenvalue weighted by molar-refractivity contribution is 0.472. The summed E-state index contributed by atoms with van der Waals surface area (Å²) >= 11 is 0. The van der Waals surface area contributed by atoms with Crippen LogP contribution in [-0.2, 0) is 6.42 Å². The van der Waals surface area contributed by atoms with E-state index in [-0.39, 0.29) is 0 Å². The first-order valence-electron chi connectivity index (χ1n) is 13.9. The molecular weight excluding hydrogens is 468 g/mol. The zero-order chi connectivity index (χ0) is 27.3. The van der Waals surface area contributed by atoms with Gasteiger partial charge in [-0.25, -0.2) is 15.0 Å². The Morgan fingerprint density at radius 3 is 1.89 bits per heavy atom. The van der Waals surface area contributed by atoms with Gasteiger partial charge in [0.1, 0.15) is 0 Å². The highest BCUT2D eigenvalue weighted by atomic mass is 16.2. The third-order valence-corrected chi connectivity index (χ3v) is 8.43. The zero-order valence-corrected chi connectivity index (χ0v) is 23.9. The van der Waals surface area contributed by atoms with Gasteiger partial charge in [0.25, 0.3) is 0 Å². The highest BCUT2D eigenvalue weighted by Gasteiger charge is 2.31.